The largest absolute Gasteiger partial charge is 0.465 e. The standard InChI is InChI=1S/C6H4Cl2O4S2/c1-12-6(9)5-3(7)2-4(13-5)14(8,10)11/h2H,1H3. The number of rotatable bonds is 2. The second kappa shape index (κ2) is 4.06. The molecule has 0 N–H and O–H groups in total. The van der Waals surface area contributed by atoms with Crippen LogP contribution in [0.5, 0.6) is 0 Å². The summed E-state index contributed by atoms with van der Waals surface area (Å²) in [5, 5.41) is 0.0149. The number of carbonyl (C=O) groups excluding carboxylic acids is 1. The third-order valence-electron chi connectivity index (χ3n) is 1.28. The van der Waals surface area contributed by atoms with E-state index in [4.69, 9.17) is 22.3 Å². The van der Waals surface area contributed by atoms with E-state index in [0.717, 1.165) is 6.07 Å². The van der Waals surface area contributed by atoms with Crippen molar-refractivity contribution in [1.82, 2.24) is 0 Å². The molecule has 0 radical (unpaired) electrons. The fourth-order valence-corrected chi connectivity index (χ4v) is 3.16. The Labute approximate surface area is 93.8 Å². The molecular weight excluding hydrogens is 271 g/mol. The van der Waals surface area contributed by atoms with Crippen LogP contribution >= 0.6 is 33.6 Å². The Hall–Kier alpha value is -0.300. The van der Waals surface area contributed by atoms with Crippen molar-refractivity contribution in [3.8, 4) is 0 Å². The lowest BCUT2D eigenvalue weighted by molar-refractivity contribution is 0.0606. The Morgan fingerprint density at radius 2 is 2.14 bits per heavy atom. The molecule has 0 aliphatic heterocycles. The molecule has 0 spiro atoms. The Kier molecular flexibility index (Phi) is 3.41. The summed E-state index contributed by atoms with van der Waals surface area (Å²) in [6.07, 6.45) is 0. The zero-order chi connectivity index (χ0) is 10.9. The normalized spacial score (nSPS) is 11.4. The molecule has 0 bridgehead atoms. The van der Waals surface area contributed by atoms with Gasteiger partial charge < -0.3 is 4.74 Å². The van der Waals surface area contributed by atoms with Crippen LogP contribution in [-0.4, -0.2) is 21.5 Å². The number of hydrogen-bond donors (Lipinski definition) is 0. The predicted molar refractivity (Wildman–Crippen MR) is 53.7 cm³/mol. The van der Waals surface area contributed by atoms with Gasteiger partial charge in [-0.15, -0.1) is 11.3 Å². The Balaban J connectivity index is 3.25. The predicted octanol–water partition coefficient (Wildman–Crippen LogP) is 2.12. The molecule has 1 heterocycles. The van der Waals surface area contributed by atoms with Gasteiger partial charge in [0.15, 0.2) is 0 Å². The molecule has 14 heavy (non-hydrogen) atoms. The maximum absolute atomic E-state index is 11.0. The molecule has 0 amide bonds. The molecule has 8 heteroatoms. The first-order valence-corrected chi connectivity index (χ1v) is 6.69. The smallest absolute Gasteiger partial charge is 0.349 e. The third kappa shape index (κ3) is 2.38. The molecule has 1 aromatic rings. The van der Waals surface area contributed by atoms with Crippen LogP contribution < -0.4 is 0 Å². The van der Waals surface area contributed by atoms with Crippen molar-refractivity contribution < 1.29 is 17.9 Å². The molecule has 1 rings (SSSR count). The minimum absolute atomic E-state index is 0.0149. The van der Waals surface area contributed by atoms with Crippen LogP contribution in [0, 0.1) is 0 Å². The second-order valence-corrected chi connectivity index (χ2v) is 6.42. The van der Waals surface area contributed by atoms with E-state index in [-0.39, 0.29) is 14.1 Å². The number of thiophene rings is 1. The first-order chi connectivity index (χ1) is 6.36. The van der Waals surface area contributed by atoms with Crippen LogP contribution in [0.2, 0.25) is 5.02 Å². The lowest BCUT2D eigenvalue weighted by atomic mass is 10.5. The molecular formula is C6H4Cl2O4S2. The molecule has 0 fully saturated rings. The lowest BCUT2D eigenvalue weighted by Gasteiger charge is -1.93. The topological polar surface area (TPSA) is 60.4 Å². The highest BCUT2D eigenvalue weighted by atomic mass is 35.7. The van der Waals surface area contributed by atoms with Crippen molar-refractivity contribution in [2.75, 3.05) is 7.11 Å². The fraction of sp³-hybridized carbons (Fsp3) is 0.167. The van der Waals surface area contributed by atoms with Crippen LogP contribution in [0.4, 0.5) is 0 Å². The maximum Gasteiger partial charge on any atom is 0.349 e. The first kappa shape index (κ1) is 11.8. The Bertz CT molecular complexity index is 462. The molecule has 78 valence electrons. The molecule has 0 aromatic carbocycles. The number of esters is 1. The van der Waals surface area contributed by atoms with E-state index in [1.165, 1.54) is 7.11 Å². The fourth-order valence-electron chi connectivity index (χ4n) is 0.700. The molecule has 0 saturated carbocycles. The summed E-state index contributed by atoms with van der Waals surface area (Å²) in [5.74, 6) is -0.688. The molecule has 1 aromatic heterocycles. The van der Waals surface area contributed by atoms with E-state index in [1.807, 2.05) is 0 Å². The van der Waals surface area contributed by atoms with Gasteiger partial charge in [0.25, 0.3) is 9.05 Å². The highest BCUT2D eigenvalue weighted by Gasteiger charge is 2.21. The lowest BCUT2D eigenvalue weighted by Crippen LogP contribution is -1.97. The zero-order valence-electron chi connectivity index (χ0n) is 6.78. The van der Waals surface area contributed by atoms with Gasteiger partial charge >= 0.3 is 5.97 Å². The zero-order valence-corrected chi connectivity index (χ0v) is 9.93. The summed E-state index contributed by atoms with van der Waals surface area (Å²) in [6, 6.07) is 1.11. The van der Waals surface area contributed by atoms with E-state index in [9.17, 15) is 13.2 Å². The van der Waals surface area contributed by atoms with Crippen molar-refractivity contribution in [1.29, 1.82) is 0 Å². The molecule has 4 nitrogen and oxygen atoms in total. The summed E-state index contributed by atoms with van der Waals surface area (Å²) < 4.78 is 26.0. The van der Waals surface area contributed by atoms with Crippen molar-refractivity contribution in [2.45, 2.75) is 4.21 Å². The van der Waals surface area contributed by atoms with E-state index < -0.39 is 15.0 Å². The molecule has 0 unspecified atom stereocenters. The summed E-state index contributed by atoms with van der Waals surface area (Å²) >= 11 is 6.28. The van der Waals surface area contributed by atoms with Crippen molar-refractivity contribution in [3.05, 3.63) is 16.0 Å². The minimum Gasteiger partial charge on any atom is -0.465 e. The van der Waals surface area contributed by atoms with Gasteiger partial charge in [0.1, 0.15) is 9.09 Å². The number of carbonyl (C=O) groups is 1. The first-order valence-electron chi connectivity index (χ1n) is 3.18. The number of hydrogen-bond acceptors (Lipinski definition) is 5. The van der Waals surface area contributed by atoms with Crippen molar-refractivity contribution in [3.63, 3.8) is 0 Å². The minimum atomic E-state index is -3.85. The van der Waals surface area contributed by atoms with Gasteiger partial charge in [-0.2, -0.15) is 0 Å². The number of ether oxygens (including phenoxy) is 1. The second-order valence-electron chi connectivity index (χ2n) is 2.17. The molecule has 0 aliphatic carbocycles. The quantitative estimate of drug-likeness (QED) is 0.612. The van der Waals surface area contributed by atoms with Gasteiger partial charge in [-0.25, -0.2) is 13.2 Å². The average Bonchev–Trinajstić information content (AvgIpc) is 2.45. The van der Waals surface area contributed by atoms with Gasteiger partial charge in [-0.1, -0.05) is 11.6 Å². The van der Waals surface area contributed by atoms with Crippen molar-refractivity contribution in [2.24, 2.45) is 0 Å². The average molecular weight is 275 g/mol. The SMILES string of the molecule is COC(=O)c1sc(S(=O)(=O)Cl)cc1Cl. The maximum atomic E-state index is 11.0. The van der Waals surface area contributed by atoms with E-state index >= 15 is 0 Å². The van der Waals surface area contributed by atoms with E-state index in [1.54, 1.807) is 0 Å². The highest BCUT2D eigenvalue weighted by molar-refractivity contribution is 8.15. The summed E-state index contributed by atoms with van der Waals surface area (Å²) in [5.41, 5.74) is 0. The Morgan fingerprint density at radius 1 is 1.57 bits per heavy atom. The summed E-state index contributed by atoms with van der Waals surface area (Å²) in [7, 11) is 2.39. The van der Waals surface area contributed by atoms with Gasteiger partial charge in [0, 0.05) is 10.7 Å². The monoisotopic (exact) mass is 274 g/mol. The summed E-state index contributed by atoms with van der Waals surface area (Å²) in [4.78, 5) is 11.1. The highest BCUT2D eigenvalue weighted by Crippen LogP contribution is 2.32. The number of halogens is 2. The molecule has 0 atom stereocenters. The third-order valence-corrected chi connectivity index (χ3v) is 4.88. The van der Waals surface area contributed by atoms with Gasteiger partial charge in [-0.3, -0.25) is 0 Å². The number of methoxy groups -OCH3 is 1. The Morgan fingerprint density at radius 3 is 2.50 bits per heavy atom. The van der Waals surface area contributed by atoms with E-state index in [0.29, 0.717) is 11.3 Å². The van der Waals surface area contributed by atoms with E-state index in [2.05, 4.69) is 4.74 Å². The molecule has 0 saturated heterocycles. The molecule has 0 aliphatic rings. The summed E-state index contributed by atoms with van der Waals surface area (Å²) in [6.45, 7) is 0. The van der Waals surface area contributed by atoms with Crippen LogP contribution in [-0.2, 0) is 13.8 Å². The van der Waals surface area contributed by atoms with Gasteiger partial charge in [-0.05, 0) is 6.07 Å². The van der Waals surface area contributed by atoms with Crippen molar-refractivity contribution >= 4 is 48.6 Å². The van der Waals surface area contributed by atoms with Crippen LogP contribution in [0.3, 0.4) is 0 Å². The van der Waals surface area contributed by atoms with Crippen LogP contribution in [0.25, 0.3) is 0 Å². The van der Waals surface area contributed by atoms with Gasteiger partial charge in [0.05, 0.1) is 12.1 Å². The van der Waals surface area contributed by atoms with Crippen LogP contribution in [0.1, 0.15) is 9.67 Å². The van der Waals surface area contributed by atoms with Gasteiger partial charge in [0.2, 0.25) is 0 Å². The van der Waals surface area contributed by atoms with Crippen LogP contribution in [0.15, 0.2) is 10.3 Å².